The lowest BCUT2D eigenvalue weighted by Gasteiger charge is -2.08. The van der Waals surface area contributed by atoms with Gasteiger partial charge in [0.2, 0.25) is 0 Å². The Kier molecular flexibility index (Phi) is 5.89. The van der Waals surface area contributed by atoms with Gasteiger partial charge in [-0.1, -0.05) is 29.8 Å². The van der Waals surface area contributed by atoms with Crippen molar-refractivity contribution in [1.29, 1.82) is 0 Å². The molecule has 1 aromatic carbocycles. The minimum Gasteiger partial charge on any atom is -0.460 e. The molecule has 0 radical (unpaired) electrons. The number of carbonyl (C=O) groups is 1. The second-order valence-electron chi connectivity index (χ2n) is 6.83. The topological polar surface area (TPSA) is 53.4 Å². The zero-order valence-electron chi connectivity index (χ0n) is 15.7. The summed E-state index contributed by atoms with van der Waals surface area (Å²) in [4.78, 5) is 11.9. The highest BCUT2D eigenvalue weighted by Gasteiger charge is 2.17. The molecule has 0 saturated carbocycles. The minimum absolute atomic E-state index is 0.0491. The Morgan fingerprint density at radius 3 is 2.77 bits per heavy atom. The normalized spacial score (nSPS) is 17.1. The molecule has 0 spiro atoms. The van der Waals surface area contributed by atoms with Crippen molar-refractivity contribution in [3.63, 3.8) is 0 Å². The summed E-state index contributed by atoms with van der Waals surface area (Å²) in [5, 5.41) is 4.61. The van der Waals surface area contributed by atoms with E-state index < -0.39 is 0 Å². The molecular weight excluding hydrogens is 328 g/mol. The Morgan fingerprint density at radius 2 is 2.08 bits per heavy atom. The summed E-state index contributed by atoms with van der Waals surface area (Å²) < 4.78 is 12.7. The quantitative estimate of drug-likeness (QED) is 0.588. The smallest absolute Gasteiger partial charge is 0.330 e. The van der Waals surface area contributed by atoms with E-state index in [0.29, 0.717) is 13.2 Å². The maximum absolute atomic E-state index is 11.9. The molecule has 1 fully saturated rings. The van der Waals surface area contributed by atoms with Crippen LogP contribution in [0.15, 0.2) is 30.3 Å². The van der Waals surface area contributed by atoms with Crippen LogP contribution in [0.2, 0.25) is 0 Å². The second-order valence-corrected chi connectivity index (χ2v) is 6.83. The summed E-state index contributed by atoms with van der Waals surface area (Å²) in [7, 11) is 0. The van der Waals surface area contributed by atoms with Crippen molar-refractivity contribution in [2.45, 2.75) is 46.3 Å². The molecule has 2 heterocycles. The van der Waals surface area contributed by atoms with E-state index in [1.54, 1.807) is 6.08 Å². The van der Waals surface area contributed by atoms with Gasteiger partial charge < -0.3 is 9.47 Å². The molecule has 2 aromatic rings. The lowest BCUT2D eigenvalue weighted by atomic mass is 10.1. The molecule has 1 aliphatic rings. The third kappa shape index (κ3) is 4.61. The van der Waals surface area contributed by atoms with E-state index in [9.17, 15) is 4.79 Å². The van der Waals surface area contributed by atoms with Crippen LogP contribution in [0.5, 0.6) is 0 Å². The fraction of sp³-hybridized carbons (Fsp3) is 0.429. The summed E-state index contributed by atoms with van der Waals surface area (Å²) in [5.74, 6) is -0.342. The van der Waals surface area contributed by atoms with E-state index in [1.807, 2.05) is 18.5 Å². The van der Waals surface area contributed by atoms with Crippen LogP contribution in [0.25, 0.3) is 6.08 Å². The molecule has 5 nitrogen and oxygen atoms in total. The minimum atomic E-state index is -0.342. The Morgan fingerprint density at radius 1 is 1.31 bits per heavy atom. The number of aryl methyl sites for hydroxylation is 2. The molecule has 1 aromatic heterocycles. The Balaban J connectivity index is 1.63. The number of benzene rings is 1. The number of nitrogens with zero attached hydrogens (tertiary/aromatic N) is 2. The Bertz CT molecular complexity index is 784. The average molecular weight is 354 g/mol. The first-order chi connectivity index (χ1) is 12.5. The summed E-state index contributed by atoms with van der Waals surface area (Å²) in [5.41, 5.74) is 5.34. The third-order valence-electron chi connectivity index (χ3n) is 4.71. The third-order valence-corrected chi connectivity index (χ3v) is 4.71. The van der Waals surface area contributed by atoms with E-state index in [-0.39, 0.29) is 12.1 Å². The van der Waals surface area contributed by atoms with Crippen LogP contribution >= 0.6 is 0 Å². The van der Waals surface area contributed by atoms with Crippen LogP contribution in [0.4, 0.5) is 0 Å². The lowest BCUT2D eigenvalue weighted by Crippen LogP contribution is -2.16. The van der Waals surface area contributed by atoms with Gasteiger partial charge in [-0.05, 0) is 45.3 Å². The standard InChI is InChI=1S/C21H26N2O3/c1-15-6-8-18(9-7-15)13-23-17(3)20(16(2)22-23)10-11-21(24)26-14-19-5-4-12-25-19/h6-11,19H,4-5,12-14H2,1-3H3/b11-10+. The fourth-order valence-electron chi connectivity index (χ4n) is 3.12. The van der Waals surface area contributed by atoms with Crippen LogP contribution in [0.3, 0.4) is 0 Å². The van der Waals surface area contributed by atoms with E-state index in [0.717, 1.165) is 36.4 Å². The van der Waals surface area contributed by atoms with Crippen LogP contribution < -0.4 is 0 Å². The van der Waals surface area contributed by atoms with E-state index >= 15 is 0 Å². The van der Waals surface area contributed by atoms with Gasteiger partial charge in [-0.25, -0.2) is 4.79 Å². The average Bonchev–Trinajstić information content (AvgIpc) is 3.23. The van der Waals surface area contributed by atoms with Crippen molar-refractivity contribution < 1.29 is 14.3 Å². The first-order valence-electron chi connectivity index (χ1n) is 9.09. The number of esters is 1. The SMILES string of the molecule is Cc1ccc(Cn2nc(C)c(/C=C/C(=O)OCC3CCCO3)c2C)cc1. The van der Waals surface area contributed by atoms with E-state index in [2.05, 4.69) is 36.3 Å². The largest absolute Gasteiger partial charge is 0.460 e. The van der Waals surface area contributed by atoms with Crippen LogP contribution in [-0.2, 0) is 20.8 Å². The number of ether oxygens (including phenoxy) is 2. The van der Waals surface area contributed by atoms with Crippen LogP contribution in [-0.4, -0.2) is 35.1 Å². The van der Waals surface area contributed by atoms with Gasteiger partial charge in [0.15, 0.2) is 0 Å². The predicted octanol–water partition coefficient (Wildman–Crippen LogP) is 3.59. The van der Waals surface area contributed by atoms with Gasteiger partial charge in [0, 0.05) is 23.9 Å². The molecular formula is C21H26N2O3. The maximum Gasteiger partial charge on any atom is 0.330 e. The van der Waals surface area contributed by atoms with Crippen LogP contribution in [0, 0.1) is 20.8 Å². The number of rotatable bonds is 6. The van der Waals surface area contributed by atoms with Gasteiger partial charge in [0.1, 0.15) is 6.61 Å². The molecule has 3 rings (SSSR count). The summed E-state index contributed by atoms with van der Waals surface area (Å²) in [6.45, 7) is 7.85. The van der Waals surface area contributed by atoms with E-state index in [1.165, 1.54) is 17.2 Å². The van der Waals surface area contributed by atoms with Gasteiger partial charge >= 0.3 is 5.97 Å². The molecule has 26 heavy (non-hydrogen) atoms. The summed E-state index contributed by atoms with van der Waals surface area (Å²) >= 11 is 0. The molecule has 5 heteroatoms. The van der Waals surface area contributed by atoms with Crippen molar-refractivity contribution in [2.24, 2.45) is 0 Å². The van der Waals surface area contributed by atoms with Crippen molar-refractivity contribution in [3.05, 3.63) is 58.4 Å². The van der Waals surface area contributed by atoms with Crippen molar-refractivity contribution in [2.75, 3.05) is 13.2 Å². The monoisotopic (exact) mass is 354 g/mol. The first-order valence-corrected chi connectivity index (χ1v) is 9.09. The first kappa shape index (κ1) is 18.4. The highest BCUT2D eigenvalue weighted by Crippen LogP contribution is 2.17. The number of aromatic nitrogens is 2. The van der Waals surface area contributed by atoms with Gasteiger partial charge in [-0.2, -0.15) is 5.10 Å². The molecule has 1 unspecified atom stereocenters. The molecule has 0 bridgehead atoms. The van der Waals surface area contributed by atoms with Crippen LogP contribution in [0.1, 0.15) is 40.9 Å². The molecule has 1 saturated heterocycles. The molecule has 0 aliphatic carbocycles. The predicted molar refractivity (Wildman–Crippen MR) is 101 cm³/mol. The second kappa shape index (κ2) is 8.32. The van der Waals surface area contributed by atoms with Gasteiger partial charge in [-0.15, -0.1) is 0 Å². The highest BCUT2D eigenvalue weighted by atomic mass is 16.6. The molecule has 138 valence electrons. The number of hydrogen-bond donors (Lipinski definition) is 0. The molecule has 0 N–H and O–H groups in total. The van der Waals surface area contributed by atoms with E-state index in [4.69, 9.17) is 9.47 Å². The zero-order chi connectivity index (χ0) is 18.5. The summed E-state index contributed by atoms with van der Waals surface area (Å²) in [6.07, 6.45) is 5.31. The van der Waals surface area contributed by atoms with Gasteiger partial charge in [0.05, 0.1) is 18.3 Å². The van der Waals surface area contributed by atoms with Gasteiger partial charge in [-0.3, -0.25) is 4.68 Å². The highest BCUT2D eigenvalue weighted by molar-refractivity contribution is 5.87. The fourth-order valence-corrected chi connectivity index (χ4v) is 3.12. The Labute approximate surface area is 154 Å². The number of hydrogen-bond acceptors (Lipinski definition) is 4. The van der Waals surface area contributed by atoms with Crippen molar-refractivity contribution in [1.82, 2.24) is 9.78 Å². The lowest BCUT2D eigenvalue weighted by molar-refractivity contribution is -0.140. The van der Waals surface area contributed by atoms with Crippen molar-refractivity contribution in [3.8, 4) is 0 Å². The molecule has 1 aliphatic heterocycles. The summed E-state index contributed by atoms with van der Waals surface area (Å²) in [6, 6.07) is 8.44. The Hall–Kier alpha value is -2.40. The van der Waals surface area contributed by atoms with Crippen molar-refractivity contribution >= 4 is 12.0 Å². The molecule has 1 atom stereocenters. The zero-order valence-corrected chi connectivity index (χ0v) is 15.7. The molecule has 0 amide bonds. The number of carbonyl (C=O) groups excluding carboxylic acids is 1. The maximum atomic E-state index is 11.9. The van der Waals surface area contributed by atoms with Gasteiger partial charge in [0.25, 0.3) is 0 Å².